The lowest BCUT2D eigenvalue weighted by Gasteiger charge is -2.35. The van der Waals surface area contributed by atoms with Crippen molar-refractivity contribution < 1.29 is 57.6 Å². The summed E-state index contributed by atoms with van der Waals surface area (Å²) in [6.07, 6.45) is 2.54. The molecule has 0 saturated carbocycles. The Bertz CT molecular complexity index is 2020. The van der Waals surface area contributed by atoms with E-state index in [1.54, 1.807) is 76.5 Å². The molecule has 0 bridgehead atoms. The van der Waals surface area contributed by atoms with Gasteiger partial charge in [0.15, 0.2) is 25.1 Å². The number of carbonyl (C=O) groups is 6. The van der Waals surface area contributed by atoms with Crippen LogP contribution in [0.1, 0.15) is 69.1 Å². The highest BCUT2D eigenvalue weighted by atomic mass is 16.5. The van der Waals surface area contributed by atoms with Gasteiger partial charge < -0.3 is 38.6 Å². The van der Waals surface area contributed by atoms with E-state index < -0.39 is 6.04 Å². The first-order valence-electron chi connectivity index (χ1n) is 17.9. The molecule has 0 spiro atoms. The number of carbonyl (C=O) groups excluding carboxylic acids is 6. The Morgan fingerprint density at radius 3 is 1.57 bits per heavy atom. The van der Waals surface area contributed by atoms with E-state index in [2.05, 4.69) is 0 Å². The highest BCUT2D eigenvalue weighted by Crippen LogP contribution is 2.26. The van der Waals surface area contributed by atoms with E-state index >= 15 is 0 Å². The predicted molar refractivity (Wildman–Crippen MR) is 202 cm³/mol. The molecule has 2 fully saturated rings. The minimum atomic E-state index is -0.396. The molecule has 2 aliphatic heterocycles. The molecule has 292 valence electrons. The van der Waals surface area contributed by atoms with Gasteiger partial charge in [-0.3, -0.25) is 28.8 Å². The van der Waals surface area contributed by atoms with Gasteiger partial charge in [0.25, 0.3) is 11.8 Å². The molecule has 2 aliphatic rings. The molecule has 14 nitrogen and oxygen atoms in total. The predicted octanol–water partition coefficient (Wildman–Crippen LogP) is 4.57. The number of phenols is 1. The topological polar surface area (TPSA) is 175 Å². The zero-order valence-electron chi connectivity index (χ0n) is 30.7. The maximum atomic E-state index is 13.2. The average molecular weight is 767 g/mol. The summed E-state index contributed by atoms with van der Waals surface area (Å²) in [4.78, 5) is 74.6. The van der Waals surface area contributed by atoms with Crippen LogP contribution in [0, 0.1) is 0 Å². The molecule has 6 rings (SSSR count). The van der Waals surface area contributed by atoms with Crippen LogP contribution in [-0.4, -0.2) is 123 Å². The third-order valence-electron chi connectivity index (χ3n) is 9.08. The SMILES string of the molecule is CCOc1cccc(C(=O)N2CCOC[C@H]2COc2ccccc2C=O)c1C=O.O=Cc1ccccc1OC[C@@H]1COCCN1C(=O)c1cccc(O)c1C=O. The van der Waals surface area contributed by atoms with Gasteiger partial charge in [-0.1, -0.05) is 36.4 Å². The monoisotopic (exact) mass is 766 g/mol. The first-order chi connectivity index (χ1) is 27.3. The Kier molecular flexibility index (Phi) is 14.8. The van der Waals surface area contributed by atoms with E-state index in [0.717, 1.165) is 6.29 Å². The quantitative estimate of drug-likeness (QED) is 0.177. The van der Waals surface area contributed by atoms with Crippen molar-refractivity contribution in [3.05, 3.63) is 118 Å². The number of aromatic hydroxyl groups is 1. The van der Waals surface area contributed by atoms with Crippen molar-refractivity contribution in [3.8, 4) is 23.0 Å². The van der Waals surface area contributed by atoms with Gasteiger partial charge in [-0.05, 0) is 55.5 Å². The van der Waals surface area contributed by atoms with Crippen LogP contribution >= 0.6 is 0 Å². The molecule has 14 heteroatoms. The summed E-state index contributed by atoms with van der Waals surface area (Å²) in [5, 5.41) is 9.83. The van der Waals surface area contributed by atoms with Crippen LogP contribution in [0.15, 0.2) is 84.9 Å². The van der Waals surface area contributed by atoms with Crippen molar-refractivity contribution in [1.29, 1.82) is 0 Å². The molecular weight excluding hydrogens is 724 g/mol. The van der Waals surface area contributed by atoms with E-state index in [4.69, 9.17) is 23.7 Å². The molecule has 4 aromatic carbocycles. The summed E-state index contributed by atoms with van der Waals surface area (Å²) in [7, 11) is 0. The Labute approximate surface area is 323 Å². The van der Waals surface area contributed by atoms with Crippen molar-refractivity contribution in [3.63, 3.8) is 0 Å². The van der Waals surface area contributed by atoms with Crippen molar-refractivity contribution in [1.82, 2.24) is 9.80 Å². The lowest BCUT2D eigenvalue weighted by Crippen LogP contribution is -2.51. The van der Waals surface area contributed by atoms with Gasteiger partial charge in [0.1, 0.15) is 36.2 Å². The van der Waals surface area contributed by atoms with E-state index in [-0.39, 0.29) is 65.7 Å². The number of morpholine rings is 2. The van der Waals surface area contributed by atoms with Gasteiger partial charge in [-0.2, -0.15) is 0 Å². The van der Waals surface area contributed by atoms with Crippen LogP contribution in [-0.2, 0) is 9.47 Å². The normalized spacial score (nSPS) is 16.4. The number of benzene rings is 4. The van der Waals surface area contributed by atoms with Gasteiger partial charge in [0.05, 0.1) is 78.5 Å². The van der Waals surface area contributed by atoms with Crippen LogP contribution in [0.2, 0.25) is 0 Å². The highest BCUT2D eigenvalue weighted by molar-refractivity contribution is 6.04. The molecule has 0 unspecified atom stereocenters. The number of para-hydroxylation sites is 2. The molecule has 4 aromatic rings. The second kappa shape index (κ2) is 20.3. The summed E-state index contributed by atoms with van der Waals surface area (Å²) < 4.78 is 28.0. The fourth-order valence-corrected chi connectivity index (χ4v) is 6.22. The van der Waals surface area contributed by atoms with Gasteiger partial charge in [-0.15, -0.1) is 0 Å². The molecule has 2 saturated heterocycles. The molecule has 2 amide bonds. The van der Waals surface area contributed by atoms with Gasteiger partial charge in [-0.25, -0.2) is 0 Å². The Balaban J connectivity index is 0.000000215. The summed E-state index contributed by atoms with van der Waals surface area (Å²) in [5.41, 5.74) is 1.46. The van der Waals surface area contributed by atoms with Gasteiger partial charge in [0, 0.05) is 13.1 Å². The van der Waals surface area contributed by atoms with Crippen LogP contribution < -0.4 is 14.2 Å². The third-order valence-corrected chi connectivity index (χ3v) is 9.08. The summed E-state index contributed by atoms with van der Waals surface area (Å²) in [5.74, 6) is 0.359. The van der Waals surface area contributed by atoms with Crippen LogP contribution in [0.4, 0.5) is 0 Å². The average Bonchev–Trinajstić information content (AvgIpc) is 3.25. The minimum Gasteiger partial charge on any atom is -0.507 e. The second-order valence-electron chi connectivity index (χ2n) is 12.5. The zero-order chi connectivity index (χ0) is 39.9. The molecule has 2 atom stereocenters. The summed E-state index contributed by atoms with van der Waals surface area (Å²) in [6, 6.07) is 22.3. The van der Waals surface area contributed by atoms with Crippen molar-refractivity contribution >= 4 is 37.0 Å². The molecule has 1 N–H and O–H groups in total. The Hall–Kier alpha value is -6.38. The number of ether oxygens (including phenoxy) is 5. The van der Waals surface area contributed by atoms with Crippen molar-refractivity contribution in [2.75, 3.05) is 59.3 Å². The Morgan fingerprint density at radius 1 is 0.625 bits per heavy atom. The van der Waals surface area contributed by atoms with Crippen LogP contribution in [0.5, 0.6) is 23.0 Å². The van der Waals surface area contributed by atoms with E-state index in [1.807, 2.05) is 6.92 Å². The molecule has 56 heavy (non-hydrogen) atoms. The lowest BCUT2D eigenvalue weighted by atomic mass is 10.0. The second-order valence-corrected chi connectivity index (χ2v) is 12.5. The molecule has 2 heterocycles. The number of phenolic OH excluding ortho intramolecular Hbond substituents is 1. The molecular formula is C42H42N2O12. The van der Waals surface area contributed by atoms with Gasteiger partial charge >= 0.3 is 0 Å². The van der Waals surface area contributed by atoms with E-state index in [9.17, 15) is 33.9 Å². The van der Waals surface area contributed by atoms with E-state index in [0.29, 0.717) is 86.8 Å². The maximum absolute atomic E-state index is 13.2. The standard InChI is InChI=1S/C22H23NO6.C20H19NO6/c1-2-28-21-9-5-7-18(19(21)13-25)22(26)23-10-11-27-14-17(23)15-29-20-8-4-3-6-16(20)12-24;22-10-14-4-1-2-7-19(14)27-13-15-12-26-9-8-21(15)20(25)16-5-3-6-18(24)17(16)11-23/h3-9,12-13,17H,2,10-11,14-15H2,1H3;1-7,10-11,15,24H,8-9,12-13H2/t17-;15-/m00/s1. The smallest absolute Gasteiger partial charge is 0.255 e. The lowest BCUT2D eigenvalue weighted by molar-refractivity contribution is -0.0151. The minimum absolute atomic E-state index is 0.0417. The molecule has 0 aliphatic carbocycles. The van der Waals surface area contributed by atoms with Crippen molar-refractivity contribution in [2.24, 2.45) is 0 Å². The number of hydrogen-bond acceptors (Lipinski definition) is 12. The summed E-state index contributed by atoms with van der Waals surface area (Å²) >= 11 is 0. The molecule has 0 radical (unpaired) electrons. The number of nitrogens with zero attached hydrogens (tertiary/aromatic N) is 2. The first kappa shape index (κ1) is 40.8. The number of hydrogen-bond donors (Lipinski definition) is 1. The maximum Gasteiger partial charge on any atom is 0.255 e. The zero-order valence-corrected chi connectivity index (χ0v) is 30.7. The first-order valence-corrected chi connectivity index (χ1v) is 17.9. The third kappa shape index (κ3) is 9.83. The Morgan fingerprint density at radius 2 is 1.09 bits per heavy atom. The fraction of sp³-hybridized carbons (Fsp3) is 0.286. The van der Waals surface area contributed by atoms with Crippen LogP contribution in [0.3, 0.4) is 0 Å². The number of amides is 2. The largest absolute Gasteiger partial charge is 0.507 e. The number of aldehydes is 4. The van der Waals surface area contributed by atoms with Crippen molar-refractivity contribution in [2.45, 2.75) is 19.0 Å². The molecule has 0 aromatic heterocycles. The van der Waals surface area contributed by atoms with E-state index in [1.165, 1.54) is 18.2 Å². The van der Waals surface area contributed by atoms with Gasteiger partial charge in [0.2, 0.25) is 0 Å². The fourth-order valence-electron chi connectivity index (χ4n) is 6.22. The summed E-state index contributed by atoms with van der Waals surface area (Å²) in [6.45, 7) is 4.54. The number of rotatable bonds is 14. The highest BCUT2D eigenvalue weighted by Gasteiger charge is 2.32. The van der Waals surface area contributed by atoms with Crippen LogP contribution in [0.25, 0.3) is 0 Å².